The molecular weight excluding hydrogens is 244 g/mol. The zero-order valence-corrected chi connectivity index (χ0v) is 12.1. The molecule has 0 aliphatic heterocycles. The zero-order valence-electron chi connectivity index (χ0n) is 11.3. The second-order valence-electron chi connectivity index (χ2n) is 5.22. The van der Waals surface area contributed by atoms with Crippen LogP contribution in [0.15, 0.2) is 24.3 Å². The summed E-state index contributed by atoms with van der Waals surface area (Å²) in [6.45, 7) is 7.12. The predicted molar refractivity (Wildman–Crippen MR) is 80.2 cm³/mol. The quantitative estimate of drug-likeness (QED) is 0.806. The van der Waals surface area contributed by atoms with Crippen LogP contribution in [0.3, 0.4) is 0 Å². The van der Waals surface area contributed by atoms with Gasteiger partial charge in [0.25, 0.3) is 0 Å². The van der Waals surface area contributed by atoms with Crippen LogP contribution in [0.1, 0.15) is 26.3 Å². The van der Waals surface area contributed by atoms with Crippen LogP contribution in [-0.4, -0.2) is 24.0 Å². The summed E-state index contributed by atoms with van der Waals surface area (Å²) in [4.78, 5) is 11.6. The van der Waals surface area contributed by atoms with Crippen molar-refractivity contribution < 1.29 is 4.79 Å². The number of benzene rings is 1. The van der Waals surface area contributed by atoms with E-state index in [0.717, 1.165) is 11.4 Å². The van der Waals surface area contributed by atoms with Crippen LogP contribution in [0, 0.1) is 0 Å². The molecule has 0 unspecified atom stereocenters. The Kier molecular flexibility index (Phi) is 5.69. The lowest BCUT2D eigenvalue weighted by Crippen LogP contribution is -2.16. The molecule has 0 saturated heterocycles. The number of carbonyl (C=O) groups is 1. The normalized spacial score (nSPS) is 11.3. The van der Waals surface area contributed by atoms with Gasteiger partial charge in [-0.2, -0.15) is 11.8 Å². The predicted octanol–water partition coefficient (Wildman–Crippen LogP) is 2.61. The topological polar surface area (TPSA) is 55.1 Å². The summed E-state index contributed by atoms with van der Waals surface area (Å²) >= 11 is 1.55. The van der Waals surface area contributed by atoms with E-state index in [0.29, 0.717) is 12.3 Å². The van der Waals surface area contributed by atoms with Gasteiger partial charge in [0.2, 0.25) is 5.91 Å². The van der Waals surface area contributed by atoms with Crippen LogP contribution in [0.25, 0.3) is 0 Å². The van der Waals surface area contributed by atoms with Crippen molar-refractivity contribution in [1.29, 1.82) is 0 Å². The Balaban J connectivity index is 2.51. The van der Waals surface area contributed by atoms with Gasteiger partial charge in [-0.05, 0) is 23.1 Å². The summed E-state index contributed by atoms with van der Waals surface area (Å²) in [5.41, 5.74) is 7.62. The molecular formula is C14H22N2OS. The van der Waals surface area contributed by atoms with Crippen LogP contribution in [-0.2, 0) is 10.2 Å². The third-order valence-corrected chi connectivity index (χ3v) is 3.52. The zero-order chi connectivity index (χ0) is 13.6. The molecule has 0 heterocycles. The second-order valence-corrected chi connectivity index (χ2v) is 6.32. The molecule has 0 spiro atoms. The number of carbonyl (C=O) groups excluding carboxylic acids is 1. The third kappa shape index (κ3) is 5.10. The average Bonchev–Trinajstić information content (AvgIpc) is 2.29. The molecule has 0 saturated carbocycles. The highest BCUT2D eigenvalue weighted by atomic mass is 32.2. The van der Waals surface area contributed by atoms with Gasteiger partial charge in [0, 0.05) is 18.0 Å². The first-order valence-electron chi connectivity index (χ1n) is 6.11. The minimum absolute atomic E-state index is 0.0250. The molecule has 0 atom stereocenters. The van der Waals surface area contributed by atoms with Crippen molar-refractivity contribution in [2.75, 3.05) is 23.4 Å². The molecule has 0 aliphatic rings. The molecule has 4 heteroatoms. The minimum Gasteiger partial charge on any atom is -0.330 e. The van der Waals surface area contributed by atoms with Gasteiger partial charge >= 0.3 is 0 Å². The van der Waals surface area contributed by atoms with Gasteiger partial charge in [-0.1, -0.05) is 32.9 Å². The van der Waals surface area contributed by atoms with E-state index in [1.54, 1.807) is 11.8 Å². The van der Waals surface area contributed by atoms with E-state index in [1.807, 2.05) is 12.1 Å². The lowest BCUT2D eigenvalue weighted by atomic mass is 9.87. The van der Waals surface area contributed by atoms with Gasteiger partial charge in [0.05, 0.1) is 5.75 Å². The van der Waals surface area contributed by atoms with Crippen LogP contribution < -0.4 is 11.1 Å². The summed E-state index contributed by atoms with van der Waals surface area (Å²) in [7, 11) is 0. The van der Waals surface area contributed by atoms with Crippen molar-refractivity contribution in [1.82, 2.24) is 0 Å². The molecule has 0 fully saturated rings. The monoisotopic (exact) mass is 266 g/mol. The molecule has 1 aromatic carbocycles. The fourth-order valence-corrected chi connectivity index (χ4v) is 2.07. The van der Waals surface area contributed by atoms with Gasteiger partial charge in [0.1, 0.15) is 0 Å². The summed E-state index contributed by atoms with van der Waals surface area (Å²) < 4.78 is 0. The van der Waals surface area contributed by atoms with E-state index in [1.165, 1.54) is 5.56 Å². The molecule has 18 heavy (non-hydrogen) atoms. The number of nitrogens with one attached hydrogen (secondary N) is 1. The standard InChI is InChI=1S/C14H22N2OS/c1-14(2,3)11-4-6-12(7-5-11)16-13(17)10-18-9-8-15/h4-7H,8-10,15H2,1-3H3,(H,16,17). The van der Waals surface area contributed by atoms with Gasteiger partial charge in [-0.25, -0.2) is 0 Å². The lowest BCUT2D eigenvalue weighted by Gasteiger charge is -2.19. The van der Waals surface area contributed by atoms with E-state index in [4.69, 9.17) is 5.73 Å². The maximum absolute atomic E-state index is 11.6. The molecule has 0 radical (unpaired) electrons. The smallest absolute Gasteiger partial charge is 0.234 e. The molecule has 3 N–H and O–H groups in total. The summed E-state index contributed by atoms with van der Waals surface area (Å²) in [5, 5.41) is 2.88. The number of nitrogens with two attached hydrogens (primary N) is 1. The molecule has 0 aliphatic carbocycles. The fraction of sp³-hybridized carbons (Fsp3) is 0.500. The minimum atomic E-state index is 0.0250. The number of hydrogen-bond acceptors (Lipinski definition) is 3. The molecule has 1 aromatic rings. The van der Waals surface area contributed by atoms with E-state index in [2.05, 4.69) is 38.2 Å². The second kappa shape index (κ2) is 6.81. The van der Waals surface area contributed by atoms with Gasteiger partial charge in [0.15, 0.2) is 0 Å². The van der Waals surface area contributed by atoms with Crippen LogP contribution in [0.2, 0.25) is 0 Å². The van der Waals surface area contributed by atoms with Crippen molar-refractivity contribution >= 4 is 23.4 Å². The first-order chi connectivity index (χ1) is 8.43. The van der Waals surface area contributed by atoms with E-state index < -0.39 is 0 Å². The fourth-order valence-electron chi connectivity index (χ4n) is 1.50. The van der Waals surface area contributed by atoms with Crippen molar-refractivity contribution in [3.63, 3.8) is 0 Å². The Labute approximate surface area is 114 Å². The number of amides is 1. The highest BCUT2D eigenvalue weighted by Gasteiger charge is 2.13. The number of thioether (sulfide) groups is 1. The Morgan fingerprint density at radius 1 is 1.28 bits per heavy atom. The van der Waals surface area contributed by atoms with E-state index >= 15 is 0 Å². The van der Waals surface area contributed by atoms with Crippen molar-refractivity contribution in [3.05, 3.63) is 29.8 Å². The molecule has 0 bridgehead atoms. The van der Waals surface area contributed by atoms with Gasteiger partial charge < -0.3 is 11.1 Å². The SMILES string of the molecule is CC(C)(C)c1ccc(NC(=O)CSCCN)cc1. The Bertz CT molecular complexity index is 382. The third-order valence-electron chi connectivity index (χ3n) is 2.53. The molecule has 3 nitrogen and oxygen atoms in total. The first-order valence-corrected chi connectivity index (χ1v) is 7.27. The highest BCUT2D eigenvalue weighted by Crippen LogP contribution is 2.23. The van der Waals surface area contributed by atoms with Crippen LogP contribution in [0.4, 0.5) is 5.69 Å². The molecule has 1 amide bonds. The Hall–Kier alpha value is -1.00. The largest absolute Gasteiger partial charge is 0.330 e. The molecule has 1 rings (SSSR count). The van der Waals surface area contributed by atoms with Crippen LogP contribution in [0.5, 0.6) is 0 Å². The molecule has 0 aromatic heterocycles. The molecule has 100 valence electrons. The first kappa shape index (κ1) is 15.1. The van der Waals surface area contributed by atoms with E-state index in [9.17, 15) is 4.79 Å². The summed E-state index contributed by atoms with van der Waals surface area (Å²) in [6, 6.07) is 8.02. The Morgan fingerprint density at radius 2 is 1.89 bits per heavy atom. The van der Waals surface area contributed by atoms with Crippen LogP contribution >= 0.6 is 11.8 Å². The average molecular weight is 266 g/mol. The number of hydrogen-bond donors (Lipinski definition) is 2. The van der Waals surface area contributed by atoms with Gasteiger partial charge in [-0.15, -0.1) is 0 Å². The van der Waals surface area contributed by atoms with Crippen molar-refractivity contribution in [2.24, 2.45) is 5.73 Å². The van der Waals surface area contributed by atoms with E-state index in [-0.39, 0.29) is 11.3 Å². The van der Waals surface area contributed by atoms with Crippen molar-refractivity contribution in [3.8, 4) is 0 Å². The number of anilines is 1. The van der Waals surface area contributed by atoms with Crippen molar-refractivity contribution in [2.45, 2.75) is 26.2 Å². The highest BCUT2D eigenvalue weighted by molar-refractivity contribution is 7.99. The number of rotatable bonds is 5. The maximum Gasteiger partial charge on any atom is 0.234 e. The van der Waals surface area contributed by atoms with Gasteiger partial charge in [-0.3, -0.25) is 4.79 Å². The lowest BCUT2D eigenvalue weighted by molar-refractivity contribution is -0.113. The Morgan fingerprint density at radius 3 is 2.39 bits per heavy atom. The summed E-state index contributed by atoms with van der Waals surface area (Å²) in [6.07, 6.45) is 0. The maximum atomic E-state index is 11.6. The summed E-state index contributed by atoms with van der Waals surface area (Å²) in [5.74, 6) is 1.30.